The molecule has 0 aromatic heterocycles. The third-order valence-corrected chi connectivity index (χ3v) is 5.81. The lowest BCUT2D eigenvalue weighted by atomic mass is 9.95. The van der Waals surface area contributed by atoms with Gasteiger partial charge in [-0.05, 0) is 31.6 Å². The number of hydrogen-bond donors (Lipinski definition) is 1. The molecule has 1 saturated carbocycles. The molecule has 0 aromatic rings. The number of carbonyl (C=O) groups is 1. The van der Waals surface area contributed by atoms with E-state index in [1.165, 1.54) is 38.5 Å². The summed E-state index contributed by atoms with van der Waals surface area (Å²) in [5.41, 5.74) is 0. The molecule has 1 aliphatic carbocycles. The van der Waals surface area contributed by atoms with Crippen LogP contribution in [0.1, 0.15) is 38.5 Å². The fourth-order valence-electron chi connectivity index (χ4n) is 3.82. The number of amides is 1. The standard InChI is InChI=1S/C14H24N2OS/c17-14(12-10-18-9-7-15-12)16-8-3-6-13(16)11-4-1-2-5-11/h11-13,15H,1-10H2. The highest BCUT2D eigenvalue weighted by molar-refractivity contribution is 7.99. The molecule has 3 rings (SSSR count). The average Bonchev–Trinajstić information content (AvgIpc) is 3.09. The summed E-state index contributed by atoms with van der Waals surface area (Å²) >= 11 is 1.91. The first-order valence-corrected chi connectivity index (χ1v) is 8.63. The van der Waals surface area contributed by atoms with E-state index in [2.05, 4.69) is 10.2 Å². The Morgan fingerprint density at radius 1 is 1.17 bits per heavy atom. The Hall–Kier alpha value is -0.220. The van der Waals surface area contributed by atoms with Crippen molar-refractivity contribution in [3.8, 4) is 0 Å². The first-order chi connectivity index (χ1) is 8.86. The fraction of sp³-hybridized carbons (Fsp3) is 0.929. The van der Waals surface area contributed by atoms with Gasteiger partial charge in [-0.3, -0.25) is 4.79 Å². The summed E-state index contributed by atoms with van der Waals surface area (Å²) in [7, 11) is 0. The normalized spacial score (nSPS) is 34.1. The Morgan fingerprint density at radius 2 is 2.00 bits per heavy atom. The van der Waals surface area contributed by atoms with Crippen molar-refractivity contribution in [3.63, 3.8) is 0 Å². The maximum Gasteiger partial charge on any atom is 0.240 e. The van der Waals surface area contributed by atoms with E-state index < -0.39 is 0 Å². The Bertz CT molecular complexity index is 298. The summed E-state index contributed by atoms with van der Waals surface area (Å²) in [6.07, 6.45) is 7.91. The van der Waals surface area contributed by atoms with E-state index in [0.29, 0.717) is 11.9 Å². The van der Waals surface area contributed by atoms with Gasteiger partial charge in [0.15, 0.2) is 0 Å². The van der Waals surface area contributed by atoms with E-state index in [1.807, 2.05) is 11.8 Å². The third-order valence-electron chi connectivity index (χ3n) is 4.75. The molecule has 3 aliphatic rings. The average molecular weight is 268 g/mol. The summed E-state index contributed by atoms with van der Waals surface area (Å²) in [4.78, 5) is 14.8. The van der Waals surface area contributed by atoms with Crippen molar-refractivity contribution in [2.75, 3.05) is 24.6 Å². The van der Waals surface area contributed by atoms with Crippen molar-refractivity contribution in [2.45, 2.75) is 50.6 Å². The van der Waals surface area contributed by atoms with E-state index in [9.17, 15) is 4.79 Å². The van der Waals surface area contributed by atoms with Crippen LogP contribution in [0.2, 0.25) is 0 Å². The van der Waals surface area contributed by atoms with Crippen LogP contribution in [0.3, 0.4) is 0 Å². The summed E-state index contributed by atoms with van der Waals surface area (Å²) in [6.45, 7) is 1.99. The van der Waals surface area contributed by atoms with E-state index >= 15 is 0 Å². The van der Waals surface area contributed by atoms with Crippen LogP contribution >= 0.6 is 11.8 Å². The van der Waals surface area contributed by atoms with Crippen LogP contribution in [0, 0.1) is 5.92 Å². The topological polar surface area (TPSA) is 32.3 Å². The van der Waals surface area contributed by atoms with E-state index in [4.69, 9.17) is 0 Å². The third kappa shape index (κ3) is 2.55. The van der Waals surface area contributed by atoms with Crippen LogP contribution in [0.25, 0.3) is 0 Å². The number of rotatable bonds is 2. The highest BCUT2D eigenvalue weighted by Gasteiger charge is 2.38. The predicted molar refractivity (Wildman–Crippen MR) is 75.8 cm³/mol. The Morgan fingerprint density at radius 3 is 2.72 bits per heavy atom. The zero-order valence-electron chi connectivity index (χ0n) is 11.1. The fourth-order valence-corrected chi connectivity index (χ4v) is 4.75. The van der Waals surface area contributed by atoms with Gasteiger partial charge >= 0.3 is 0 Å². The molecule has 4 heteroatoms. The van der Waals surface area contributed by atoms with Crippen LogP contribution in [-0.4, -0.2) is 47.5 Å². The molecule has 1 amide bonds. The molecular weight excluding hydrogens is 244 g/mol. The smallest absolute Gasteiger partial charge is 0.240 e. The lowest BCUT2D eigenvalue weighted by Gasteiger charge is -2.33. The first-order valence-electron chi connectivity index (χ1n) is 7.48. The summed E-state index contributed by atoms with van der Waals surface area (Å²) in [5, 5.41) is 3.39. The van der Waals surface area contributed by atoms with Gasteiger partial charge in [0.05, 0.1) is 6.04 Å². The van der Waals surface area contributed by atoms with Gasteiger partial charge in [0.2, 0.25) is 5.91 Å². The number of carbonyl (C=O) groups excluding carboxylic acids is 1. The van der Waals surface area contributed by atoms with Crippen LogP contribution < -0.4 is 5.32 Å². The summed E-state index contributed by atoms with van der Waals surface area (Å²) in [6, 6.07) is 0.652. The van der Waals surface area contributed by atoms with Crippen LogP contribution in [0.15, 0.2) is 0 Å². The van der Waals surface area contributed by atoms with E-state index in [-0.39, 0.29) is 6.04 Å². The Balaban J connectivity index is 1.63. The molecule has 18 heavy (non-hydrogen) atoms. The molecule has 0 aromatic carbocycles. The van der Waals surface area contributed by atoms with Crippen LogP contribution in [0.4, 0.5) is 0 Å². The molecule has 0 radical (unpaired) electrons. The van der Waals surface area contributed by atoms with Crippen molar-refractivity contribution in [3.05, 3.63) is 0 Å². The second-order valence-electron chi connectivity index (χ2n) is 5.87. The minimum atomic E-state index is 0.0887. The van der Waals surface area contributed by atoms with Gasteiger partial charge in [-0.15, -0.1) is 0 Å². The maximum absolute atomic E-state index is 12.6. The molecule has 0 bridgehead atoms. The molecule has 0 spiro atoms. The van der Waals surface area contributed by atoms with Gasteiger partial charge in [-0.1, -0.05) is 12.8 Å². The molecule has 3 nitrogen and oxygen atoms in total. The van der Waals surface area contributed by atoms with E-state index in [0.717, 1.165) is 30.5 Å². The van der Waals surface area contributed by atoms with Gasteiger partial charge in [0, 0.05) is 30.6 Å². The lowest BCUT2D eigenvalue weighted by molar-refractivity contribution is -0.134. The Kier molecular flexibility index (Phi) is 4.14. The number of likely N-dealkylation sites (tertiary alicyclic amines) is 1. The lowest BCUT2D eigenvalue weighted by Crippen LogP contribution is -2.52. The van der Waals surface area contributed by atoms with Crippen LogP contribution in [-0.2, 0) is 4.79 Å². The highest BCUT2D eigenvalue weighted by atomic mass is 32.2. The molecule has 2 heterocycles. The predicted octanol–water partition coefficient (Wildman–Crippen LogP) is 1.87. The number of nitrogens with zero attached hydrogens (tertiary/aromatic N) is 1. The minimum absolute atomic E-state index is 0.0887. The zero-order chi connectivity index (χ0) is 12.4. The van der Waals surface area contributed by atoms with Gasteiger partial charge < -0.3 is 10.2 Å². The molecule has 3 fully saturated rings. The first kappa shape index (κ1) is 12.8. The van der Waals surface area contributed by atoms with Gasteiger partial charge in [0.25, 0.3) is 0 Å². The quantitative estimate of drug-likeness (QED) is 0.830. The number of nitrogens with one attached hydrogen (secondary N) is 1. The molecule has 2 unspecified atom stereocenters. The van der Waals surface area contributed by atoms with Crippen LogP contribution in [0.5, 0.6) is 0 Å². The second kappa shape index (κ2) is 5.83. The zero-order valence-corrected chi connectivity index (χ0v) is 11.9. The second-order valence-corrected chi connectivity index (χ2v) is 7.02. The van der Waals surface area contributed by atoms with Crippen molar-refractivity contribution >= 4 is 17.7 Å². The molecule has 2 saturated heterocycles. The molecular formula is C14H24N2OS. The van der Waals surface area contributed by atoms with Crippen molar-refractivity contribution < 1.29 is 4.79 Å². The van der Waals surface area contributed by atoms with Gasteiger partial charge in [-0.2, -0.15) is 11.8 Å². The van der Waals surface area contributed by atoms with E-state index in [1.54, 1.807) is 0 Å². The SMILES string of the molecule is O=C(C1CSCCN1)N1CCCC1C1CCCC1. The number of thioether (sulfide) groups is 1. The van der Waals surface area contributed by atoms with Gasteiger partial charge in [0.1, 0.15) is 0 Å². The largest absolute Gasteiger partial charge is 0.338 e. The van der Waals surface area contributed by atoms with Crippen molar-refractivity contribution in [2.24, 2.45) is 5.92 Å². The monoisotopic (exact) mass is 268 g/mol. The summed E-state index contributed by atoms with van der Waals surface area (Å²) < 4.78 is 0. The minimum Gasteiger partial charge on any atom is -0.338 e. The van der Waals surface area contributed by atoms with Crippen molar-refractivity contribution in [1.29, 1.82) is 0 Å². The maximum atomic E-state index is 12.6. The molecule has 102 valence electrons. The Labute approximate surface area is 114 Å². The molecule has 2 atom stereocenters. The molecule has 2 aliphatic heterocycles. The van der Waals surface area contributed by atoms with Crippen molar-refractivity contribution in [1.82, 2.24) is 10.2 Å². The molecule has 1 N–H and O–H groups in total. The highest BCUT2D eigenvalue weighted by Crippen LogP contribution is 2.35. The number of hydrogen-bond acceptors (Lipinski definition) is 3. The van der Waals surface area contributed by atoms with Gasteiger partial charge in [-0.25, -0.2) is 0 Å². The summed E-state index contributed by atoms with van der Waals surface area (Å²) in [5.74, 6) is 3.30.